The van der Waals surface area contributed by atoms with Gasteiger partial charge in [-0.2, -0.15) is 0 Å². The number of carboxylic acids is 1. The van der Waals surface area contributed by atoms with Crippen LogP contribution in [0.2, 0.25) is 0 Å². The number of hydrogen-bond donors (Lipinski definition) is 1. The molecule has 0 spiro atoms. The van der Waals surface area contributed by atoms with Gasteiger partial charge < -0.3 is 14.4 Å². The molecule has 2 atom stereocenters. The summed E-state index contributed by atoms with van der Waals surface area (Å²) in [5, 5.41) is 9.10. The summed E-state index contributed by atoms with van der Waals surface area (Å²) in [6.45, 7) is 4.31. The van der Waals surface area contributed by atoms with E-state index in [0.29, 0.717) is 24.3 Å². The van der Waals surface area contributed by atoms with Crippen LogP contribution in [0.5, 0.6) is 0 Å². The van der Waals surface area contributed by atoms with Crippen LogP contribution in [0.1, 0.15) is 42.8 Å². The molecular formula is C14H19NO4. The summed E-state index contributed by atoms with van der Waals surface area (Å²) in [4.78, 5) is 25.2. The van der Waals surface area contributed by atoms with Crippen LogP contribution in [0.3, 0.4) is 0 Å². The minimum Gasteiger partial charge on any atom is -0.481 e. The summed E-state index contributed by atoms with van der Waals surface area (Å²) in [5.74, 6) is -0.721. The molecule has 5 nitrogen and oxygen atoms in total. The Hall–Kier alpha value is -1.78. The van der Waals surface area contributed by atoms with Gasteiger partial charge in [0.2, 0.25) is 0 Å². The standard InChI is InChI=1S/C14H19NO4/c1-3-4-12-11(6-8-19-12)13(16)15-7-5-10(9(15)2)14(17)18/h6,8-10H,3-5,7H2,1-2H3,(H,17,18). The van der Waals surface area contributed by atoms with Crippen molar-refractivity contribution in [3.8, 4) is 0 Å². The number of nitrogens with zero attached hydrogens (tertiary/aromatic N) is 1. The minimum absolute atomic E-state index is 0.117. The molecule has 2 rings (SSSR count). The smallest absolute Gasteiger partial charge is 0.308 e. The van der Waals surface area contributed by atoms with Crippen molar-refractivity contribution < 1.29 is 19.1 Å². The number of likely N-dealkylation sites (tertiary alicyclic amines) is 1. The number of aliphatic carboxylic acids is 1. The molecule has 0 bridgehead atoms. The van der Waals surface area contributed by atoms with Gasteiger partial charge in [0.1, 0.15) is 5.76 Å². The fourth-order valence-corrected chi connectivity index (χ4v) is 2.66. The molecule has 1 N–H and O–H groups in total. The summed E-state index contributed by atoms with van der Waals surface area (Å²) in [6.07, 6.45) is 3.66. The lowest BCUT2D eigenvalue weighted by Gasteiger charge is -2.23. The van der Waals surface area contributed by atoms with E-state index in [9.17, 15) is 9.59 Å². The maximum Gasteiger partial charge on any atom is 0.308 e. The Kier molecular flexibility index (Phi) is 3.93. The maximum absolute atomic E-state index is 12.5. The molecular weight excluding hydrogens is 246 g/mol. The van der Waals surface area contributed by atoms with Crippen molar-refractivity contribution in [3.63, 3.8) is 0 Å². The van der Waals surface area contributed by atoms with E-state index < -0.39 is 11.9 Å². The Morgan fingerprint density at radius 3 is 2.84 bits per heavy atom. The van der Waals surface area contributed by atoms with Crippen molar-refractivity contribution in [3.05, 3.63) is 23.7 Å². The third kappa shape index (κ3) is 2.50. The lowest BCUT2D eigenvalue weighted by atomic mass is 10.0. The van der Waals surface area contributed by atoms with Gasteiger partial charge in [0.05, 0.1) is 17.7 Å². The number of furan rings is 1. The van der Waals surface area contributed by atoms with Crippen molar-refractivity contribution in [1.82, 2.24) is 4.90 Å². The maximum atomic E-state index is 12.5. The van der Waals surface area contributed by atoms with Gasteiger partial charge in [-0.05, 0) is 25.8 Å². The van der Waals surface area contributed by atoms with Crippen LogP contribution < -0.4 is 0 Å². The molecule has 1 aromatic rings. The number of carbonyl (C=O) groups is 2. The molecule has 104 valence electrons. The van der Waals surface area contributed by atoms with Gasteiger partial charge in [-0.1, -0.05) is 6.92 Å². The molecule has 5 heteroatoms. The summed E-state index contributed by atoms with van der Waals surface area (Å²) >= 11 is 0. The van der Waals surface area contributed by atoms with Gasteiger partial charge in [0.15, 0.2) is 0 Å². The molecule has 1 saturated heterocycles. The van der Waals surface area contributed by atoms with Crippen molar-refractivity contribution in [2.75, 3.05) is 6.54 Å². The highest BCUT2D eigenvalue weighted by Gasteiger charge is 2.39. The molecule has 1 fully saturated rings. The van der Waals surface area contributed by atoms with Gasteiger partial charge in [-0.3, -0.25) is 9.59 Å². The van der Waals surface area contributed by atoms with E-state index in [4.69, 9.17) is 9.52 Å². The molecule has 1 aliphatic rings. The Morgan fingerprint density at radius 1 is 1.53 bits per heavy atom. The predicted molar refractivity (Wildman–Crippen MR) is 68.9 cm³/mol. The van der Waals surface area contributed by atoms with E-state index in [1.165, 1.54) is 6.26 Å². The lowest BCUT2D eigenvalue weighted by Crippen LogP contribution is -2.37. The summed E-state index contributed by atoms with van der Waals surface area (Å²) < 4.78 is 5.33. The second kappa shape index (κ2) is 5.47. The first-order valence-corrected chi connectivity index (χ1v) is 6.66. The van der Waals surface area contributed by atoms with E-state index in [1.807, 2.05) is 6.92 Å². The van der Waals surface area contributed by atoms with Gasteiger partial charge >= 0.3 is 5.97 Å². The van der Waals surface area contributed by atoms with Gasteiger partial charge in [-0.15, -0.1) is 0 Å². The molecule has 2 unspecified atom stereocenters. The van der Waals surface area contributed by atoms with Crippen LogP contribution in [-0.4, -0.2) is 34.5 Å². The highest BCUT2D eigenvalue weighted by molar-refractivity contribution is 5.96. The molecule has 0 radical (unpaired) electrons. The lowest BCUT2D eigenvalue weighted by molar-refractivity contribution is -0.142. The van der Waals surface area contributed by atoms with Crippen molar-refractivity contribution in [2.45, 2.75) is 39.2 Å². The van der Waals surface area contributed by atoms with Gasteiger partial charge in [0, 0.05) is 19.0 Å². The zero-order chi connectivity index (χ0) is 14.0. The molecule has 0 aromatic carbocycles. The fourth-order valence-electron chi connectivity index (χ4n) is 2.66. The molecule has 19 heavy (non-hydrogen) atoms. The summed E-state index contributed by atoms with van der Waals surface area (Å²) in [7, 11) is 0. The predicted octanol–water partition coefficient (Wildman–Crippen LogP) is 2.17. The second-order valence-electron chi connectivity index (χ2n) is 4.98. The Morgan fingerprint density at radius 2 is 2.26 bits per heavy atom. The normalized spacial score (nSPS) is 22.7. The van der Waals surface area contributed by atoms with Crippen LogP contribution in [0.25, 0.3) is 0 Å². The zero-order valence-electron chi connectivity index (χ0n) is 11.3. The van der Waals surface area contributed by atoms with Gasteiger partial charge in [0.25, 0.3) is 5.91 Å². The Balaban J connectivity index is 2.16. The second-order valence-corrected chi connectivity index (χ2v) is 4.98. The van der Waals surface area contributed by atoms with E-state index in [2.05, 4.69) is 0 Å². The van der Waals surface area contributed by atoms with Crippen molar-refractivity contribution >= 4 is 11.9 Å². The van der Waals surface area contributed by atoms with E-state index >= 15 is 0 Å². The van der Waals surface area contributed by atoms with E-state index in [0.717, 1.165) is 12.8 Å². The first-order valence-electron chi connectivity index (χ1n) is 6.66. The van der Waals surface area contributed by atoms with E-state index in [-0.39, 0.29) is 11.9 Å². The quantitative estimate of drug-likeness (QED) is 0.905. The minimum atomic E-state index is -0.830. The molecule has 0 saturated carbocycles. The third-order valence-electron chi connectivity index (χ3n) is 3.79. The highest BCUT2D eigenvalue weighted by atomic mass is 16.4. The van der Waals surface area contributed by atoms with Crippen LogP contribution >= 0.6 is 0 Å². The average Bonchev–Trinajstić information content (AvgIpc) is 2.95. The molecule has 2 heterocycles. The third-order valence-corrected chi connectivity index (χ3v) is 3.79. The zero-order valence-corrected chi connectivity index (χ0v) is 11.3. The number of amides is 1. The number of aryl methyl sites for hydroxylation is 1. The Bertz CT molecular complexity index is 480. The van der Waals surface area contributed by atoms with Crippen LogP contribution in [0.15, 0.2) is 16.7 Å². The monoisotopic (exact) mass is 265 g/mol. The van der Waals surface area contributed by atoms with E-state index in [1.54, 1.807) is 17.9 Å². The average molecular weight is 265 g/mol. The summed E-state index contributed by atoms with van der Waals surface area (Å²) in [6, 6.07) is 1.41. The van der Waals surface area contributed by atoms with Crippen molar-refractivity contribution in [2.24, 2.45) is 5.92 Å². The number of hydrogen-bond acceptors (Lipinski definition) is 3. The largest absolute Gasteiger partial charge is 0.481 e. The topological polar surface area (TPSA) is 70.8 Å². The molecule has 0 aliphatic carbocycles. The first kappa shape index (κ1) is 13.6. The molecule has 1 amide bonds. The van der Waals surface area contributed by atoms with Crippen LogP contribution in [-0.2, 0) is 11.2 Å². The van der Waals surface area contributed by atoms with Crippen LogP contribution in [0.4, 0.5) is 0 Å². The molecule has 1 aliphatic heterocycles. The molecule has 1 aromatic heterocycles. The SMILES string of the molecule is CCCc1occc1C(=O)N1CCC(C(=O)O)C1C. The Labute approximate surface area is 112 Å². The number of carbonyl (C=O) groups excluding carboxylic acids is 1. The van der Waals surface area contributed by atoms with Crippen molar-refractivity contribution in [1.29, 1.82) is 0 Å². The summed E-state index contributed by atoms with van der Waals surface area (Å²) in [5.41, 5.74) is 0.569. The number of carboxylic acid groups (broad SMARTS) is 1. The van der Waals surface area contributed by atoms with Crippen LogP contribution in [0, 0.1) is 5.92 Å². The number of rotatable bonds is 4. The fraction of sp³-hybridized carbons (Fsp3) is 0.571. The highest BCUT2D eigenvalue weighted by Crippen LogP contribution is 2.27. The van der Waals surface area contributed by atoms with Gasteiger partial charge in [-0.25, -0.2) is 0 Å². The first-order chi connectivity index (χ1) is 9.06.